The standard InChI is InChI=1S/C25H36N4O3/c1-5-26-24(30)21-12-9-20(10-13-21)17-28-25(27-6-2)29-18-22-11-8-19(3)16-23(22)32-15-7-14-31-4/h8-13,16H,5-7,14-15,17-18H2,1-4H3,(H,26,30)(H2,27,28,29). The molecule has 7 heteroatoms. The Morgan fingerprint density at radius 1 is 0.969 bits per heavy atom. The van der Waals surface area contributed by atoms with E-state index in [-0.39, 0.29) is 5.91 Å². The number of guanidine groups is 1. The fourth-order valence-electron chi connectivity index (χ4n) is 3.04. The molecule has 2 aromatic rings. The lowest BCUT2D eigenvalue weighted by Gasteiger charge is -2.15. The van der Waals surface area contributed by atoms with Crippen LogP contribution in [0.4, 0.5) is 0 Å². The van der Waals surface area contributed by atoms with E-state index >= 15 is 0 Å². The lowest BCUT2D eigenvalue weighted by molar-refractivity contribution is 0.0956. The van der Waals surface area contributed by atoms with Crippen molar-refractivity contribution in [3.8, 4) is 5.75 Å². The molecule has 2 rings (SSSR count). The molecular weight excluding hydrogens is 404 g/mol. The number of aryl methyl sites for hydroxylation is 1. The smallest absolute Gasteiger partial charge is 0.251 e. The van der Waals surface area contributed by atoms with Gasteiger partial charge in [0.15, 0.2) is 5.96 Å². The van der Waals surface area contributed by atoms with Gasteiger partial charge in [0.1, 0.15) is 5.75 Å². The van der Waals surface area contributed by atoms with Crippen LogP contribution in [-0.2, 0) is 17.8 Å². The Bertz CT molecular complexity index is 866. The summed E-state index contributed by atoms with van der Waals surface area (Å²) in [4.78, 5) is 16.6. The van der Waals surface area contributed by atoms with Crippen LogP contribution < -0.4 is 20.7 Å². The van der Waals surface area contributed by atoms with Crippen molar-refractivity contribution in [1.29, 1.82) is 0 Å². The zero-order chi connectivity index (χ0) is 23.2. The molecule has 7 nitrogen and oxygen atoms in total. The predicted octanol–water partition coefficient (Wildman–Crippen LogP) is 3.42. The van der Waals surface area contributed by atoms with Crippen molar-refractivity contribution in [2.75, 3.05) is 33.4 Å². The second-order valence-electron chi connectivity index (χ2n) is 7.41. The topological polar surface area (TPSA) is 84.0 Å². The van der Waals surface area contributed by atoms with Gasteiger partial charge in [0.25, 0.3) is 5.91 Å². The average Bonchev–Trinajstić information content (AvgIpc) is 2.80. The van der Waals surface area contributed by atoms with Crippen LogP contribution >= 0.6 is 0 Å². The Balaban J connectivity index is 1.99. The van der Waals surface area contributed by atoms with Crippen molar-refractivity contribution in [1.82, 2.24) is 16.0 Å². The van der Waals surface area contributed by atoms with E-state index in [0.717, 1.165) is 41.4 Å². The van der Waals surface area contributed by atoms with Crippen LogP contribution in [0.2, 0.25) is 0 Å². The van der Waals surface area contributed by atoms with Gasteiger partial charge in [-0.05, 0) is 50.1 Å². The zero-order valence-electron chi connectivity index (χ0n) is 19.7. The first kappa shape index (κ1) is 25.2. The Morgan fingerprint density at radius 2 is 1.72 bits per heavy atom. The molecule has 0 unspecified atom stereocenters. The second-order valence-corrected chi connectivity index (χ2v) is 7.41. The number of methoxy groups -OCH3 is 1. The highest BCUT2D eigenvalue weighted by Crippen LogP contribution is 2.20. The number of ether oxygens (including phenoxy) is 2. The summed E-state index contributed by atoms with van der Waals surface area (Å²) < 4.78 is 11.1. The number of carbonyl (C=O) groups is 1. The highest BCUT2D eigenvalue weighted by Gasteiger charge is 2.07. The van der Waals surface area contributed by atoms with Crippen molar-refractivity contribution < 1.29 is 14.3 Å². The molecule has 0 fully saturated rings. The number of carbonyl (C=O) groups excluding carboxylic acids is 1. The van der Waals surface area contributed by atoms with Gasteiger partial charge in [-0.15, -0.1) is 0 Å². The molecule has 32 heavy (non-hydrogen) atoms. The van der Waals surface area contributed by atoms with Gasteiger partial charge >= 0.3 is 0 Å². The maximum atomic E-state index is 11.9. The van der Waals surface area contributed by atoms with Crippen molar-refractivity contribution in [2.45, 2.75) is 40.3 Å². The molecule has 0 atom stereocenters. The lowest BCUT2D eigenvalue weighted by atomic mass is 10.1. The summed E-state index contributed by atoms with van der Waals surface area (Å²) in [7, 11) is 1.70. The minimum atomic E-state index is -0.0594. The maximum Gasteiger partial charge on any atom is 0.251 e. The molecule has 0 aliphatic carbocycles. The van der Waals surface area contributed by atoms with Crippen molar-refractivity contribution in [2.24, 2.45) is 4.99 Å². The maximum absolute atomic E-state index is 11.9. The van der Waals surface area contributed by atoms with E-state index in [1.165, 1.54) is 0 Å². The molecule has 3 N–H and O–H groups in total. The summed E-state index contributed by atoms with van der Waals surface area (Å²) in [5.74, 6) is 1.55. The molecule has 0 bridgehead atoms. The number of hydrogen-bond donors (Lipinski definition) is 3. The number of rotatable bonds is 12. The third-order valence-corrected chi connectivity index (χ3v) is 4.74. The van der Waals surface area contributed by atoms with Gasteiger partial charge in [-0.3, -0.25) is 4.79 Å². The quantitative estimate of drug-likeness (QED) is 0.268. The summed E-state index contributed by atoms with van der Waals surface area (Å²) >= 11 is 0. The molecule has 0 heterocycles. The highest BCUT2D eigenvalue weighted by molar-refractivity contribution is 5.94. The van der Waals surface area contributed by atoms with Crippen LogP contribution in [0.5, 0.6) is 5.75 Å². The molecule has 0 spiro atoms. The van der Waals surface area contributed by atoms with E-state index < -0.39 is 0 Å². The van der Waals surface area contributed by atoms with Crippen LogP contribution in [0, 0.1) is 6.92 Å². The molecule has 0 saturated carbocycles. The van der Waals surface area contributed by atoms with Crippen molar-refractivity contribution in [3.63, 3.8) is 0 Å². The number of nitrogens with zero attached hydrogens (tertiary/aromatic N) is 1. The molecule has 2 aromatic carbocycles. The van der Waals surface area contributed by atoms with E-state index in [9.17, 15) is 4.79 Å². The van der Waals surface area contributed by atoms with Gasteiger partial charge in [0.05, 0.1) is 13.2 Å². The first-order chi connectivity index (χ1) is 15.6. The third-order valence-electron chi connectivity index (χ3n) is 4.74. The number of amides is 1. The second kappa shape index (κ2) is 14.1. The summed E-state index contributed by atoms with van der Waals surface area (Å²) in [6.45, 7) is 9.78. The normalized spacial score (nSPS) is 11.2. The Labute approximate surface area is 191 Å². The lowest BCUT2D eigenvalue weighted by Crippen LogP contribution is -2.36. The van der Waals surface area contributed by atoms with Gasteiger partial charge < -0.3 is 25.4 Å². The van der Waals surface area contributed by atoms with E-state index in [1.807, 2.05) is 38.1 Å². The molecule has 0 saturated heterocycles. The van der Waals surface area contributed by atoms with E-state index in [1.54, 1.807) is 7.11 Å². The first-order valence-electron chi connectivity index (χ1n) is 11.2. The molecule has 0 aromatic heterocycles. The highest BCUT2D eigenvalue weighted by atomic mass is 16.5. The fourth-order valence-corrected chi connectivity index (χ4v) is 3.04. The van der Waals surface area contributed by atoms with Gasteiger partial charge in [0.2, 0.25) is 0 Å². The SMILES string of the molecule is CCNC(=O)c1ccc(CN=C(NCC)NCc2ccc(C)cc2OCCCOC)cc1. The van der Waals surface area contributed by atoms with Crippen LogP contribution in [0.3, 0.4) is 0 Å². The largest absolute Gasteiger partial charge is 0.493 e. The summed E-state index contributed by atoms with van der Waals surface area (Å²) in [5.41, 5.74) is 3.92. The molecule has 0 aliphatic rings. The van der Waals surface area contributed by atoms with Crippen LogP contribution in [0.1, 0.15) is 47.3 Å². The minimum absolute atomic E-state index is 0.0594. The monoisotopic (exact) mass is 440 g/mol. The average molecular weight is 441 g/mol. The van der Waals surface area contributed by atoms with Crippen LogP contribution in [0.15, 0.2) is 47.5 Å². The molecule has 0 radical (unpaired) electrons. The number of benzene rings is 2. The van der Waals surface area contributed by atoms with Crippen LogP contribution in [-0.4, -0.2) is 45.3 Å². The minimum Gasteiger partial charge on any atom is -0.493 e. The molecule has 1 amide bonds. The first-order valence-corrected chi connectivity index (χ1v) is 11.2. The number of nitrogens with one attached hydrogen (secondary N) is 3. The summed E-state index contributed by atoms with van der Waals surface area (Å²) in [6, 6.07) is 13.7. The number of aliphatic imine (C=N–C) groups is 1. The molecule has 174 valence electrons. The molecule has 0 aliphatic heterocycles. The number of hydrogen-bond acceptors (Lipinski definition) is 4. The van der Waals surface area contributed by atoms with E-state index in [0.29, 0.717) is 38.4 Å². The van der Waals surface area contributed by atoms with Crippen molar-refractivity contribution in [3.05, 3.63) is 64.7 Å². The zero-order valence-corrected chi connectivity index (χ0v) is 19.7. The predicted molar refractivity (Wildman–Crippen MR) is 129 cm³/mol. The third kappa shape index (κ3) is 8.59. The van der Waals surface area contributed by atoms with Crippen molar-refractivity contribution >= 4 is 11.9 Å². The fraction of sp³-hybridized carbons (Fsp3) is 0.440. The van der Waals surface area contributed by atoms with Gasteiger partial charge in [-0.2, -0.15) is 0 Å². The van der Waals surface area contributed by atoms with E-state index in [2.05, 4.69) is 46.1 Å². The Hall–Kier alpha value is -3.06. The van der Waals surface area contributed by atoms with Gasteiger partial charge in [-0.25, -0.2) is 4.99 Å². The Morgan fingerprint density at radius 3 is 2.41 bits per heavy atom. The van der Waals surface area contributed by atoms with Gasteiger partial charge in [-0.1, -0.05) is 24.3 Å². The van der Waals surface area contributed by atoms with Gasteiger partial charge in [0, 0.05) is 50.9 Å². The summed E-state index contributed by atoms with van der Waals surface area (Å²) in [6.07, 6.45) is 0.848. The molecular formula is C25H36N4O3. The van der Waals surface area contributed by atoms with E-state index in [4.69, 9.17) is 9.47 Å². The summed E-state index contributed by atoms with van der Waals surface area (Å²) in [5, 5.41) is 9.47. The van der Waals surface area contributed by atoms with Crippen LogP contribution in [0.25, 0.3) is 0 Å². The Kier molecular flexibility index (Phi) is 11.1.